The van der Waals surface area contributed by atoms with Crippen LogP contribution in [-0.2, 0) is 6.42 Å². The van der Waals surface area contributed by atoms with Crippen LogP contribution in [0, 0.1) is 0 Å². The summed E-state index contributed by atoms with van der Waals surface area (Å²) >= 11 is 7.35. The number of anilines is 1. The highest BCUT2D eigenvalue weighted by atomic mass is 35.5. The summed E-state index contributed by atoms with van der Waals surface area (Å²) in [6.07, 6.45) is 3.92. The Morgan fingerprint density at radius 1 is 1.29 bits per heavy atom. The quantitative estimate of drug-likeness (QED) is 0.854. The second kappa shape index (κ2) is 3.94. The highest BCUT2D eigenvalue weighted by Gasteiger charge is 2.01. The van der Waals surface area contributed by atoms with Crippen molar-refractivity contribution in [1.82, 2.24) is 9.97 Å². The van der Waals surface area contributed by atoms with E-state index in [9.17, 15) is 0 Å². The Kier molecular flexibility index (Phi) is 2.65. The largest absolute Gasteiger partial charge is 0.396 e. The Bertz CT molecular complexity index is 424. The number of nitrogens with zero attached hydrogens (tertiary/aromatic N) is 2. The van der Waals surface area contributed by atoms with Crippen molar-refractivity contribution in [2.75, 3.05) is 5.73 Å². The summed E-state index contributed by atoms with van der Waals surface area (Å²) < 4.78 is 0.787. The lowest BCUT2D eigenvalue weighted by atomic mass is 10.3. The molecule has 72 valence electrons. The van der Waals surface area contributed by atoms with Crippen LogP contribution in [0.15, 0.2) is 24.5 Å². The molecule has 2 aromatic heterocycles. The van der Waals surface area contributed by atoms with Crippen LogP contribution in [0.5, 0.6) is 0 Å². The van der Waals surface area contributed by atoms with E-state index in [1.807, 2.05) is 12.1 Å². The molecule has 5 heteroatoms. The smallest absolute Gasteiger partial charge is 0.133 e. The maximum atomic E-state index is 5.81. The lowest BCUT2D eigenvalue weighted by Gasteiger charge is -1.96. The molecule has 2 rings (SSSR count). The van der Waals surface area contributed by atoms with E-state index < -0.39 is 0 Å². The molecule has 0 saturated carbocycles. The third-order valence-corrected chi connectivity index (χ3v) is 2.92. The summed E-state index contributed by atoms with van der Waals surface area (Å²) in [5.41, 5.74) is 6.06. The minimum Gasteiger partial charge on any atom is -0.396 e. The molecule has 0 unspecified atom stereocenters. The minimum atomic E-state index is 0.581. The topological polar surface area (TPSA) is 51.8 Å². The van der Waals surface area contributed by atoms with Gasteiger partial charge in [-0.2, -0.15) is 0 Å². The molecule has 0 bridgehead atoms. The molecule has 0 spiro atoms. The number of hydrogen-bond acceptors (Lipinski definition) is 4. The zero-order chi connectivity index (χ0) is 9.97. The van der Waals surface area contributed by atoms with Gasteiger partial charge in [-0.05, 0) is 12.1 Å². The molecule has 2 heterocycles. The molecule has 0 aliphatic carbocycles. The van der Waals surface area contributed by atoms with Gasteiger partial charge in [-0.15, -0.1) is 11.3 Å². The number of rotatable bonds is 2. The normalized spacial score (nSPS) is 10.4. The van der Waals surface area contributed by atoms with E-state index in [1.54, 1.807) is 23.7 Å². The molecule has 0 atom stereocenters. The molecule has 0 aliphatic rings. The molecule has 14 heavy (non-hydrogen) atoms. The average Bonchev–Trinajstić information content (AvgIpc) is 2.56. The van der Waals surface area contributed by atoms with Crippen molar-refractivity contribution in [3.05, 3.63) is 39.6 Å². The lowest BCUT2D eigenvalue weighted by Crippen LogP contribution is -1.96. The van der Waals surface area contributed by atoms with Crippen LogP contribution < -0.4 is 5.73 Å². The van der Waals surface area contributed by atoms with Gasteiger partial charge in [0.15, 0.2) is 0 Å². The first kappa shape index (κ1) is 9.43. The van der Waals surface area contributed by atoms with Crippen molar-refractivity contribution in [2.45, 2.75) is 6.42 Å². The van der Waals surface area contributed by atoms with E-state index >= 15 is 0 Å². The highest BCUT2D eigenvalue weighted by molar-refractivity contribution is 7.16. The zero-order valence-electron chi connectivity index (χ0n) is 7.27. The SMILES string of the molecule is Nc1cnc(Cc2ccc(Cl)s2)nc1. The first-order valence-corrected chi connectivity index (χ1v) is 5.24. The molecule has 0 aromatic carbocycles. The molecular formula is C9H8ClN3S. The first-order valence-electron chi connectivity index (χ1n) is 4.04. The summed E-state index contributed by atoms with van der Waals surface area (Å²) in [5.74, 6) is 0.762. The number of halogens is 1. The first-order chi connectivity index (χ1) is 6.74. The second-order valence-corrected chi connectivity index (χ2v) is 4.61. The van der Waals surface area contributed by atoms with Crippen LogP contribution in [-0.4, -0.2) is 9.97 Å². The maximum absolute atomic E-state index is 5.81. The fourth-order valence-electron chi connectivity index (χ4n) is 1.06. The number of nitrogens with two attached hydrogens (primary N) is 1. The molecule has 0 radical (unpaired) electrons. The predicted octanol–water partition coefficient (Wildman–Crippen LogP) is 2.36. The van der Waals surface area contributed by atoms with Crippen molar-refractivity contribution >= 4 is 28.6 Å². The number of hydrogen-bond donors (Lipinski definition) is 1. The predicted molar refractivity (Wildman–Crippen MR) is 58.6 cm³/mol. The van der Waals surface area contributed by atoms with Crippen molar-refractivity contribution < 1.29 is 0 Å². The van der Waals surface area contributed by atoms with Crippen molar-refractivity contribution in [2.24, 2.45) is 0 Å². The molecule has 3 nitrogen and oxygen atoms in total. The minimum absolute atomic E-state index is 0.581. The lowest BCUT2D eigenvalue weighted by molar-refractivity contribution is 0.983. The number of nitrogen functional groups attached to an aromatic ring is 1. The van der Waals surface area contributed by atoms with Gasteiger partial charge in [-0.25, -0.2) is 9.97 Å². The van der Waals surface area contributed by atoms with Gasteiger partial charge >= 0.3 is 0 Å². The Morgan fingerprint density at radius 3 is 2.57 bits per heavy atom. The van der Waals surface area contributed by atoms with Crippen LogP contribution in [0.1, 0.15) is 10.7 Å². The molecular weight excluding hydrogens is 218 g/mol. The second-order valence-electron chi connectivity index (χ2n) is 2.82. The van der Waals surface area contributed by atoms with E-state index in [0.717, 1.165) is 15.0 Å². The Hall–Kier alpha value is -1.13. The van der Waals surface area contributed by atoms with Crippen LogP contribution in [0.4, 0.5) is 5.69 Å². The van der Waals surface area contributed by atoms with Gasteiger partial charge in [-0.3, -0.25) is 0 Å². The van der Waals surface area contributed by atoms with E-state index in [-0.39, 0.29) is 0 Å². The standard InChI is InChI=1S/C9H8ClN3S/c10-8-2-1-7(14-8)3-9-12-4-6(11)5-13-9/h1-2,4-5H,3,11H2. The van der Waals surface area contributed by atoms with Gasteiger partial charge < -0.3 is 5.73 Å². The third kappa shape index (κ3) is 2.21. The van der Waals surface area contributed by atoms with Crippen molar-refractivity contribution in [3.63, 3.8) is 0 Å². The Morgan fingerprint density at radius 2 is 2.00 bits per heavy atom. The summed E-state index contributed by atoms with van der Waals surface area (Å²) in [6.45, 7) is 0. The fourth-order valence-corrected chi connectivity index (χ4v) is 2.14. The molecule has 0 saturated heterocycles. The summed E-state index contributed by atoms with van der Waals surface area (Å²) in [4.78, 5) is 9.37. The van der Waals surface area contributed by atoms with Gasteiger partial charge in [-0.1, -0.05) is 11.6 Å². The Labute approximate surface area is 90.6 Å². The van der Waals surface area contributed by atoms with E-state index in [1.165, 1.54) is 0 Å². The monoisotopic (exact) mass is 225 g/mol. The summed E-state index contributed by atoms with van der Waals surface area (Å²) in [7, 11) is 0. The zero-order valence-corrected chi connectivity index (χ0v) is 8.85. The third-order valence-electron chi connectivity index (χ3n) is 1.69. The number of aromatic nitrogens is 2. The Balaban J connectivity index is 2.15. The van der Waals surface area contributed by atoms with Gasteiger partial charge in [0.1, 0.15) is 5.82 Å². The molecule has 0 aliphatic heterocycles. The van der Waals surface area contributed by atoms with Crippen LogP contribution in [0.25, 0.3) is 0 Å². The van der Waals surface area contributed by atoms with Gasteiger partial charge in [0.2, 0.25) is 0 Å². The highest BCUT2D eigenvalue weighted by Crippen LogP contribution is 2.22. The van der Waals surface area contributed by atoms with Crippen LogP contribution >= 0.6 is 22.9 Å². The van der Waals surface area contributed by atoms with Crippen LogP contribution in [0.3, 0.4) is 0 Å². The van der Waals surface area contributed by atoms with Crippen molar-refractivity contribution in [3.8, 4) is 0 Å². The molecule has 0 fully saturated rings. The van der Waals surface area contributed by atoms with Gasteiger partial charge in [0, 0.05) is 11.3 Å². The average molecular weight is 226 g/mol. The van der Waals surface area contributed by atoms with E-state index in [4.69, 9.17) is 17.3 Å². The fraction of sp³-hybridized carbons (Fsp3) is 0.111. The van der Waals surface area contributed by atoms with E-state index in [2.05, 4.69) is 9.97 Å². The molecule has 0 amide bonds. The van der Waals surface area contributed by atoms with Gasteiger partial charge in [0.05, 0.1) is 22.4 Å². The van der Waals surface area contributed by atoms with Crippen molar-refractivity contribution in [1.29, 1.82) is 0 Å². The molecule has 2 N–H and O–H groups in total. The summed E-state index contributed by atoms with van der Waals surface area (Å²) in [6, 6.07) is 3.85. The van der Waals surface area contributed by atoms with Crippen LogP contribution in [0.2, 0.25) is 4.34 Å². The van der Waals surface area contributed by atoms with Gasteiger partial charge in [0.25, 0.3) is 0 Å². The molecule has 2 aromatic rings. The number of thiophene rings is 1. The van der Waals surface area contributed by atoms with E-state index in [0.29, 0.717) is 12.1 Å². The maximum Gasteiger partial charge on any atom is 0.133 e. The summed E-state index contributed by atoms with van der Waals surface area (Å²) in [5, 5.41) is 0.